The van der Waals surface area contributed by atoms with Crippen LogP contribution in [0.1, 0.15) is 30.3 Å². The van der Waals surface area contributed by atoms with Crippen LogP contribution in [0.25, 0.3) is 0 Å². The molecule has 0 aliphatic carbocycles. The van der Waals surface area contributed by atoms with Crippen LogP contribution in [0.15, 0.2) is 18.2 Å². The second kappa shape index (κ2) is 9.06. The second-order valence-corrected chi connectivity index (χ2v) is 8.01. The lowest BCUT2D eigenvalue weighted by Gasteiger charge is -2.33. The Bertz CT molecular complexity index is 799. The summed E-state index contributed by atoms with van der Waals surface area (Å²) in [5.41, 5.74) is 1.06. The molecule has 2 saturated heterocycles. The maximum atomic E-state index is 5.84. The Morgan fingerprint density at radius 3 is 2.72 bits per heavy atom. The van der Waals surface area contributed by atoms with Crippen LogP contribution < -0.4 is 19.3 Å². The van der Waals surface area contributed by atoms with E-state index in [0.29, 0.717) is 6.54 Å². The predicted molar refractivity (Wildman–Crippen MR) is 105 cm³/mol. The van der Waals surface area contributed by atoms with Crippen molar-refractivity contribution >= 4 is 0 Å². The van der Waals surface area contributed by atoms with E-state index in [1.807, 2.05) is 16.8 Å². The minimum atomic E-state index is -0.0236. The normalized spacial score (nSPS) is 25.7. The first-order valence-corrected chi connectivity index (χ1v) is 10.4. The first-order valence-electron chi connectivity index (χ1n) is 10.4. The van der Waals surface area contributed by atoms with Gasteiger partial charge in [0.05, 0.1) is 39.5 Å². The Balaban J connectivity index is 1.73. The number of ether oxygens (including phenoxy) is 3. The molecule has 2 N–H and O–H groups in total. The third kappa shape index (κ3) is 4.36. The highest BCUT2D eigenvalue weighted by atomic mass is 16.5. The summed E-state index contributed by atoms with van der Waals surface area (Å²) in [6, 6.07) is 5.94. The monoisotopic (exact) mass is 404 g/mol. The minimum Gasteiger partial charge on any atom is -0.497 e. The molecule has 2 aliphatic rings. The van der Waals surface area contributed by atoms with Crippen LogP contribution in [0.2, 0.25) is 0 Å². The van der Waals surface area contributed by atoms with E-state index < -0.39 is 0 Å². The Labute approximate surface area is 171 Å². The molecule has 9 heteroatoms. The molecule has 9 nitrogen and oxygen atoms in total. The fourth-order valence-corrected chi connectivity index (χ4v) is 4.42. The van der Waals surface area contributed by atoms with Crippen LogP contribution in [0.3, 0.4) is 0 Å². The molecule has 4 rings (SSSR count). The lowest BCUT2D eigenvalue weighted by molar-refractivity contribution is -1.02. The van der Waals surface area contributed by atoms with Gasteiger partial charge in [0, 0.05) is 6.61 Å². The Kier molecular flexibility index (Phi) is 6.27. The topological polar surface area (TPSA) is 80.2 Å². The molecule has 2 fully saturated rings. The van der Waals surface area contributed by atoms with Crippen molar-refractivity contribution in [1.29, 1.82) is 0 Å². The largest absolute Gasteiger partial charge is 0.497 e. The summed E-state index contributed by atoms with van der Waals surface area (Å²) < 4.78 is 19.0. The number of quaternary nitrogens is 2. The molecular weight excluding hydrogens is 372 g/mol. The van der Waals surface area contributed by atoms with Crippen LogP contribution in [-0.2, 0) is 11.3 Å². The number of nitrogens with one attached hydrogen (secondary N) is 2. The molecule has 1 aromatic carbocycles. The quantitative estimate of drug-likeness (QED) is 0.577. The zero-order valence-electron chi connectivity index (χ0n) is 17.6. The number of aromatic nitrogens is 4. The van der Waals surface area contributed by atoms with E-state index in [9.17, 15) is 0 Å². The minimum absolute atomic E-state index is 0.0236. The summed E-state index contributed by atoms with van der Waals surface area (Å²) in [6.45, 7) is 5.83. The number of hydrogen-bond donors (Lipinski definition) is 2. The van der Waals surface area contributed by atoms with Gasteiger partial charge in [-0.2, -0.15) is 0 Å². The molecule has 0 amide bonds. The number of tetrazole rings is 1. The Hall–Kier alpha value is -2.23. The number of likely N-dealkylation sites (N-methyl/N-ethyl adjacent to an activating group) is 1. The van der Waals surface area contributed by atoms with Gasteiger partial charge in [0.1, 0.15) is 37.7 Å². The molecule has 2 aromatic rings. The molecular formula is C20H32N6O3+2. The average molecular weight is 405 g/mol. The molecule has 1 aromatic heterocycles. The number of hydrogen-bond acceptors (Lipinski definition) is 6. The zero-order valence-corrected chi connectivity index (χ0v) is 17.6. The van der Waals surface area contributed by atoms with E-state index >= 15 is 0 Å². The highest BCUT2D eigenvalue weighted by Gasteiger charge is 2.37. The van der Waals surface area contributed by atoms with Crippen molar-refractivity contribution in [2.45, 2.75) is 31.5 Å². The summed E-state index contributed by atoms with van der Waals surface area (Å²) in [7, 11) is 5.65. The fraction of sp³-hybridized carbons (Fsp3) is 0.650. The van der Waals surface area contributed by atoms with Crippen molar-refractivity contribution in [3.05, 3.63) is 29.6 Å². The van der Waals surface area contributed by atoms with E-state index in [4.69, 9.17) is 14.2 Å². The van der Waals surface area contributed by atoms with Crippen LogP contribution >= 0.6 is 0 Å². The molecule has 158 valence electrons. The smallest absolute Gasteiger partial charge is 0.214 e. The lowest BCUT2D eigenvalue weighted by Crippen LogP contribution is -3.27. The van der Waals surface area contributed by atoms with E-state index in [1.54, 1.807) is 19.1 Å². The van der Waals surface area contributed by atoms with Crippen LogP contribution in [-0.4, -0.2) is 80.4 Å². The highest BCUT2D eigenvalue weighted by molar-refractivity contribution is 5.43. The zero-order chi connectivity index (χ0) is 20.2. The summed E-state index contributed by atoms with van der Waals surface area (Å²) in [6.07, 6.45) is 2.33. The number of rotatable bonds is 7. The van der Waals surface area contributed by atoms with Gasteiger partial charge in [-0.05, 0) is 41.5 Å². The third-order valence-electron chi connectivity index (χ3n) is 6.12. The SMILES string of the molecule is COc1ccc(OC)c([C@@H](c2nnnn2C[C@H]2CCCO2)[NH+]2CC[NH+](C)CC2)c1. The fourth-order valence-electron chi connectivity index (χ4n) is 4.42. The van der Waals surface area contributed by atoms with Gasteiger partial charge in [-0.1, -0.05) is 0 Å². The van der Waals surface area contributed by atoms with Crippen molar-refractivity contribution < 1.29 is 24.0 Å². The maximum absolute atomic E-state index is 5.84. The first-order chi connectivity index (χ1) is 14.2. The number of benzene rings is 1. The van der Waals surface area contributed by atoms with Crippen molar-refractivity contribution in [1.82, 2.24) is 20.2 Å². The van der Waals surface area contributed by atoms with E-state index in [1.165, 1.54) is 4.90 Å². The first kappa shape index (κ1) is 20.1. The van der Waals surface area contributed by atoms with Gasteiger partial charge < -0.3 is 24.0 Å². The Morgan fingerprint density at radius 1 is 1.21 bits per heavy atom. The maximum Gasteiger partial charge on any atom is 0.214 e. The van der Waals surface area contributed by atoms with E-state index in [-0.39, 0.29) is 12.1 Å². The van der Waals surface area contributed by atoms with E-state index in [2.05, 4.69) is 28.6 Å². The Morgan fingerprint density at radius 2 is 2.03 bits per heavy atom. The van der Waals surface area contributed by atoms with Crippen LogP contribution in [0.4, 0.5) is 0 Å². The summed E-state index contributed by atoms with van der Waals surface area (Å²) in [4.78, 5) is 3.01. The number of methoxy groups -OCH3 is 2. The molecule has 2 aliphatic heterocycles. The molecule has 3 heterocycles. The van der Waals surface area contributed by atoms with Crippen LogP contribution in [0, 0.1) is 0 Å². The molecule has 0 unspecified atom stereocenters. The highest BCUT2D eigenvalue weighted by Crippen LogP contribution is 2.31. The van der Waals surface area contributed by atoms with Gasteiger partial charge in [0.2, 0.25) is 5.82 Å². The molecule has 0 bridgehead atoms. The summed E-state index contributed by atoms with van der Waals surface area (Å²) >= 11 is 0. The lowest BCUT2D eigenvalue weighted by atomic mass is 10.0. The number of nitrogens with zero attached hydrogens (tertiary/aromatic N) is 4. The molecule has 0 spiro atoms. The molecule has 29 heavy (non-hydrogen) atoms. The van der Waals surface area contributed by atoms with Crippen molar-refractivity contribution in [2.24, 2.45) is 0 Å². The molecule has 0 radical (unpaired) electrons. The van der Waals surface area contributed by atoms with Crippen molar-refractivity contribution in [3.63, 3.8) is 0 Å². The standard InChI is InChI=1S/C20H30N6O3/c1-24-8-10-25(11-9-24)19(17-13-15(27-2)6-7-18(17)28-3)20-21-22-23-26(20)14-16-5-4-12-29-16/h6-7,13,16,19H,4-5,8-12,14H2,1-3H3/p+2/t16-,19+/m1/s1. The number of piperazine rings is 1. The van der Waals surface area contributed by atoms with Crippen LogP contribution in [0.5, 0.6) is 11.5 Å². The van der Waals surface area contributed by atoms with Crippen molar-refractivity contribution in [3.8, 4) is 11.5 Å². The van der Waals surface area contributed by atoms with Gasteiger partial charge in [-0.25, -0.2) is 4.68 Å². The van der Waals surface area contributed by atoms with Gasteiger partial charge in [-0.15, -0.1) is 5.10 Å². The van der Waals surface area contributed by atoms with Gasteiger partial charge >= 0.3 is 0 Å². The third-order valence-corrected chi connectivity index (χ3v) is 6.12. The molecule has 2 atom stereocenters. The van der Waals surface area contributed by atoms with E-state index in [0.717, 1.165) is 68.5 Å². The van der Waals surface area contributed by atoms with Gasteiger partial charge in [0.25, 0.3) is 0 Å². The van der Waals surface area contributed by atoms with Crippen molar-refractivity contribution in [2.75, 3.05) is 54.1 Å². The predicted octanol–water partition coefficient (Wildman–Crippen LogP) is -1.63. The van der Waals surface area contributed by atoms with Gasteiger partial charge in [-0.3, -0.25) is 0 Å². The second-order valence-electron chi connectivity index (χ2n) is 8.01. The summed E-state index contributed by atoms with van der Waals surface area (Å²) in [5, 5.41) is 12.8. The molecule has 0 saturated carbocycles. The average Bonchev–Trinajstić information content (AvgIpc) is 3.42. The summed E-state index contributed by atoms with van der Waals surface area (Å²) in [5.74, 6) is 2.51. The van der Waals surface area contributed by atoms with Gasteiger partial charge in [0.15, 0.2) is 6.04 Å².